The van der Waals surface area contributed by atoms with Crippen LogP contribution in [0.3, 0.4) is 0 Å². The van der Waals surface area contributed by atoms with E-state index < -0.39 is 22.6 Å². The third-order valence-corrected chi connectivity index (χ3v) is 9.25. The first-order chi connectivity index (χ1) is 21.9. The number of nitrogens with zero attached hydrogens (tertiary/aromatic N) is 4. The summed E-state index contributed by atoms with van der Waals surface area (Å²) in [5, 5.41) is 0. The van der Waals surface area contributed by atoms with Gasteiger partial charge in [-0.05, 0) is 87.1 Å². The van der Waals surface area contributed by atoms with Gasteiger partial charge >= 0.3 is 6.09 Å². The van der Waals surface area contributed by atoms with E-state index in [1.54, 1.807) is 41.0 Å². The number of hydrogen-bond acceptors (Lipinski definition) is 5. The van der Waals surface area contributed by atoms with Crippen LogP contribution in [0, 0.1) is 12.0 Å². The Morgan fingerprint density at radius 2 is 1.67 bits per heavy atom. The van der Waals surface area contributed by atoms with Gasteiger partial charge in [0.05, 0.1) is 19.2 Å². The fourth-order valence-electron chi connectivity index (χ4n) is 6.65. The number of amides is 2. The quantitative estimate of drug-likeness (QED) is 0.273. The highest BCUT2D eigenvalue weighted by molar-refractivity contribution is 6.02. The van der Waals surface area contributed by atoms with Crippen molar-refractivity contribution in [3.63, 3.8) is 0 Å². The van der Waals surface area contributed by atoms with Crippen molar-refractivity contribution in [3.05, 3.63) is 95.3 Å². The second-order valence-electron chi connectivity index (χ2n) is 13.2. The number of hydrogen-bond donors (Lipinski definition) is 0. The first-order valence-electron chi connectivity index (χ1n) is 15.5. The lowest BCUT2D eigenvalue weighted by Crippen LogP contribution is -2.59. The van der Waals surface area contributed by atoms with E-state index in [1.165, 1.54) is 4.90 Å². The Bertz CT molecular complexity index is 1660. The van der Waals surface area contributed by atoms with Crippen LogP contribution in [0.1, 0.15) is 58.1 Å². The second-order valence-corrected chi connectivity index (χ2v) is 13.2. The summed E-state index contributed by atoms with van der Waals surface area (Å²) in [5.41, 5.74) is 2.18. The molecule has 3 aromatic rings. The maximum atomic E-state index is 14.1. The van der Waals surface area contributed by atoms with E-state index in [1.807, 2.05) is 54.6 Å². The van der Waals surface area contributed by atoms with Gasteiger partial charge in [-0.25, -0.2) is 9.64 Å². The summed E-state index contributed by atoms with van der Waals surface area (Å²) in [7, 11) is 3.31. The SMILES string of the molecule is [C-]#[N+]c1cccc(-c2cccc(C3(C)N(Cc4ccc(OC)cc4)C(=NC(=O)OC(C)(C)C)N(C)C(=O)CC34CCOCC4)c2)c1. The summed E-state index contributed by atoms with van der Waals surface area (Å²) in [6.45, 7) is 16.4. The number of guanidine groups is 1. The summed E-state index contributed by atoms with van der Waals surface area (Å²) in [6.07, 6.45) is 0.753. The van der Waals surface area contributed by atoms with Crippen LogP contribution in [0.4, 0.5) is 10.5 Å². The number of benzene rings is 3. The third kappa shape index (κ3) is 6.49. The molecule has 0 N–H and O–H groups in total. The van der Waals surface area contributed by atoms with Gasteiger partial charge in [0.25, 0.3) is 0 Å². The van der Waals surface area contributed by atoms with Crippen LogP contribution < -0.4 is 4.74 Å². The summed E-state index contributed by atoms with van der Waals surface area (Å²) >= 11 is 0. The Labute approximate surface area is 271 Å². The van der Waals surface area contributed by atoms with Gasteiger partial charge in [0.15, 0.2) is 5.69 Å². The number of ether oxygens (including phenoxy) is 3. The molecule has 2 fully saturated rings. The Morgan fingerprint density at radius 3 is 2.30 bits per heavy atom. The molecule has 240 valence electrons. The standard InChI is InChI=1S/C37H42N4O5/c1-35(2,3)46-34(43)39-33-40(6)32(42)24-37(18-20-45-21-19-37)36(4,41(33)25-26-14-16-31(44-7)17-15-26)29-12-8-10-27(22-29)28-11-9-13-30(23-28)38-5/h8-17,22-23H,18-21,24-25H2,1-4,6-7H3. The van der Waals surface area contributed by atoms with Crippen LogP contribution in [0.25, 0.3) is 16.0 Å². The zero-order valence-corrected chi connectivity index (χ0v) is 27.5. The molecule has 46 heavy (non-hydrogen) atoms. The largest absolute Gasteiger partial charge is 0.497 e. The molecular formula is C37H42N4O5. The molecule has 2 aliphatic rings. The first-order valence-corrected chi connectivity index (χ1v) is 15.5. The minimum atomic E-state index is -0.842. The van der Waals surface area contributed by atoms with E-state index in [0.717, 1.165) is 28.0 Å². The normalized spacial score (nSPS) is 20.7. The molecule has 2 aliphatic heterocycles. The monoisotopic (exact) mass is 622 g/mol. The zero-order chi connectivity index (χ0) is 33.1. The average molecular weight is 623 g/mol. The third-order valence-electron chi connectivity index (χ3n) is 9.25. The van der Waals surface area contributed by atoms with Crippen molar-refractivity contribution in [2.24, 2.45) is 10.4 Å². The van der Waals surface area contributed by atoms with Crippen molar-refractivity contribution in [1.29, 1.82) is 0 Å². The number of aliphatic imine (C=N–C) groups is 1. The summed E-state index contributed by atoms with van der Waals surface area (Å²) in [6, 6.07) is 23.6. The Balaban J connectivity index is 1.77. The van der Waals surface area contributed by atoms with Gasteiger partial charge < -0.3 is 19.1 Å². The van der Waals surface area contributed by atoms with Crippen molar-refractivity contribution in [1.82, 2.24) is 9.80 Å². The maximum absolute atomic E-state index is 14.1. The summed E-state index contributed by atoms with van der Waals surface area (Å²) in [5.74, 6) is 0.822. The number of methoxy groups -OCH3 is 1. The van der Waals surface area contributed by atoms with Crippen molar-refractivity contribution >= 4 is 23.6 Å². The van der Waals surface area contributed by atoms with Crippen LogP contribution in [-0.4, -0.2) is 60.7 Å². The molecule has 1 unspecified atom stereocenters. The van der Waals surface area contributed by atoms with E-state index in [-0.39, 0.29) is 18.3 Å². The van der Waals surface area contributed by atoms with Crippen LogP contribution in [0.5, 0.6) is 5.75 Å². The molecule has 0 aromatic heterocycles. The predicted octanol–water partition coefficient (Wildman–Crippen LogP) is 7.58. The van der Waals surface area contributed by atoms with E-state index >= 15 is 0 Å². The van der Waals surface area contributed by atoms with Gasteiger partial charge in [-0.2, -0.15) is 0 Å². The number of carbonyl (C=O) groups is 2. The molecule has 1 spiro atoms. The fourth-order valence-corrected chi connectivity index (χ4v) is 6.65. The lowest BCUT2D eigenvalue weighted by molar-refractivity contribution is -0.133. The second kappa shape index (κ2) is 13.0. The van der Waals surface area contributed by atoms with Gasteiger partial charge in [0.1, 0.15) is 11.4 Å². The lowest BCUT2D eigenvalue weighted by Gasteiger charge is -2.55. The Hall–Kier alpha value is -4.68. The van der Waals surface area contributed by atoms with E-state index in [4.69, 9.17) is 20.8 Å². The Morgan fingerprint density at radius 1 is 1.02 bits per heavy atom. The average Bonchev–Trinajstić information content (AvgIpc) is 3.10. The highest BCUT2D eigenvalue weighted by atomic mass is 16.6. The van der Waals surface area contributed by atoms with Gasteiger partial charge in [-0.1, -0.05) is 48.5 Å². The lowest BCUT2D eigenvalue weighted by atomic mass is 9.60. The van der Waals surface area contributed by atoms with Crippen molar-refractivity contribution in [2.75, 3.05) is 27.4 Å². The molecule has 0 radical (unpaired) electrons. The van der Waals surface area contributed by atoms with Crippen LogP contribution in [0.2, 0.25) is 0 Å². The van der Waals surface area contributed by atoms with Crippen molar-refractivity contribution in [3.8, 4) is 16.9 Å². The zero-order valence-electron chi connectivity index (χ0n) is 27.5. The summed E-state index contributed by atoms with van der Waals surface area (Å²) < 4.78 is 17.0. The molecule has 2 saturated heterocycles. The van der Waals surface area contributed by atoms with E-state index in [2.05, 4.69) is 33.8 Å². The molecule has 3 aromatic carbocycles. The molecule has 9 heteroatoms. The highest BCUT2D eigenvalue weighted by Gasteiger charge is 2.58. The molecule has 0 aliphatic carbocycles. The van der Waals surface area contributed by atoms with Crippen LogP contribution in [0.15, 0.2) is 77.8 Å². The smallest absolute Gasteiger partial charge is 0.437 e. The molecule has 2 heterocycles. The van der Waals surface area contributed by atoms with Gasteiger partial charge in [-0.15, -0.1) is 4.99 Å². The molecule has 2 amide bonds. The molecule has 0 bridgehead atoms. The topological polar surface area (TPSA) is 85.0 Å². The van der Waals surface area contributed by atoms with Gasteiger partial charge in [-0.3, -0.25) is 9.69 Å². The minimum Gasteiger partial charge on any atom is -0.497 e. The van der Waals surface area contributed by atoms with E-state index in [9.17, 15) is 9.59 Å². The van der Waals surface area contributed by atoms with E-state index in [0.29, 0.717) is 38.3 Å². The van der Waals surface area contributed by atoms with Crippen molar-refractivity contribution in [2.45, 2.75) is 64.6 Å². The fraction of sp³-hybridized carbons (Fsp3) is 0.405. The Kier molecular flexibility index (Phi) is 9.22. The van der Waals surface area contributed by atoms with Crippen molar-refractivity contribution < 1.29 is 23.8 Å². The minimum absolute atomic E-state index is 0.131. The molecule has 0 saturated carbocycles. The first kappa shape index (κ1) is 32.7. The van der Waals surface area contributed by atoms with Gasteiger partial charge in [0, 0.05) is 38.6 Å². The van der Waals surface area contributed by atoms with Crippen LogP contribution in [-0.2, 0) is 26.4 Å². The molecule has 1 atom stereocenters. The van der Waals surface area contributed by atoms with Gasteiger partial charge in [0.2, 0.25) is 11.9 Å². The molecule has 9 nitrogen and oxygen atoms in total. The number of carbonyl (C=O) groups excluding carboxylic acids is 2. The number of rotatable bonds is 5. The summed E-state index contributed by atoms with van der Waals surface area (Å²) in [4.78, 5) is 39.2. The maximum Gasteiger partial charge on any atom is 0.437 e. The van der Waals surface area contributed by atoms with Crippen LogP contribution >= 0.6 is 0 Å². The molecular weight excluding hydrogens is 580 g/mol. The highest BCUT2D eigenvalue weighted by Crippen LogP contribution is 2.55. The molecule has 5 rings (SSSR count). The predicted molar refractivity (Wildman–Crippen MR) is 178 cm³/mol.